The van der Waals surface area contributed by atoms with Gasteiger partial charge in [-0.3, -0.25) is 4.79 Å². The van der Waals surface area contributed by atoms with Crippen molar-refractivity contribution in [3.05, 3.63) is 48.5 Å². The molecule has 0 atom stereocenters. The van der Waals surface area contributed by atoms with Gasteiger partial charge in [-0.2, -0.15) is 4.98 Å². The maximum absolute atomic E-state index is 11.8. The van der Waals surface area contributed by atoms with Crippen molar-refractivity contribution in [2.24, 2.45) is 0 Å². The number of carbonyl (C=O) groups excluding carboxylic acids is 1. The van der Waals surface area contributed by atoms with Gasteiger partial charge < -0.3 is 19.3 Å². The zero-order chi connectivity index (χ0) is 19.2. The van der Waals surface area contributed by atoms with Crippen LogP contribution in [-0.2, 0) is 4.79 Å². The summed E-state index contributed by atoms with van der Waals surface area (Å²) in [7, 11) is 1.61. The Balaban J connectivity index is 1.78. The molecule has 0 saturated heterocycles. The normalized spacial score (nSPS) is 10.7. The Morgan fingerprint density at radius 3 is 2.59 bits per heavy atom. The van der Waals surface area contributed by atoms with Crippen LogP contribution in [0.1, 0.15) is 13.8 Å². The van der Waals surface area contributed by atoms with Crippen molar-refractivity contribution in [1.29, 1.82) is 0 Å². The number of hydrogen-bond donors (Lipinski definition) is 1. The van der Waals surface area contributed by atoms with E-state index in [-0.39, 0.29) is 18.6 Å². The van der Waals surface area contributed by atoms with Crippen molar-refractivity contribution in [2.45, 2.75) is 19.9 Å². The zero-order valence-corrected chi connectivity index (χ0v) is 15.4. The molecule has 3 aromatic rings. The van der Waals surface area contributed by atoms with Crippen LogP contribution in [-0.4, -0.2) is 35.8 Å². The first-order valence-corrected chi connectivity index (χ1v) is 8.56. The number of hydrogen-bond acceptors (Lipinski definition) is 6. The minimum absolute atomic E-state index is 0.0549. The molecule has 2 aromatic carbocycles. The predicted octanol–water partition coefficient (Wildman–Crippen LogP) is 3.32. The van der Waals surface area contributed by atoms with E-state index in [0.717, 1.165) is 11.3 Å². The Kier molecular flexibility index (Phi) is 5.71. The molecule has 0 aliphatic heterocycles. The summed E-state index contributed by atoms with van der Waals surface area (Å²) in [6.07, 6.45) is 0. The fourth-order valence-corrected chi connectivity index (χ4v) is 2.47. The monoisotopic (exact) mass is 367 g/mol. The number of carbonyl (C=O) groups is 1. The highest BCUT2D eigenvalue weighted by Crippen LogP contribution is 2.30. The summed E-state index contributed by atoms with van der Waals surface area (Å²) >= 11 is 0. The van der Waals surface area contributed by atoms with Crippen molar-refractivity contribution >= 4 is 5.91 Å². The Morgan fingerprint density at radius 1 is 1.15 bits per heavy atom. The molecule has 1 aromatic heterocycles. The lowest BCUT2D eigenvalue weighted by Gasteiger charge is -2.11. The Bertz CT molecular complexity index is 904. The molecular weight excluding hydrogens is 346 g/mol. The summed E-state index contributed by atoms with van der Waals surface area (Å²) in [5, 5.41) is 6.81. The Morgan fingerprint density at radius 2 is 1.89 bits per heavy atom. The predicted molar refractivity (Wildman–Crippen MR) is 100 cm³/mol. The second-order valence-electron chi connectivity index (χ2n) is 6.16. The number of aromatic nitrogens is 2. The molecule has 0 aliphatic carbocycles. The number of nitrogens with zero attached hydrogens (tertiary/aromatic N) is 2. The lowest BCUT2D eigenvalue weighted by atomic mass is 10.2. The van der Waals surface area contributed by atoms with E-state index < -0.39 is 0 Å². The van der Waals surface area contributed by atoms with Gasteiger partial charge in [-0.25, -0.2) is 0 Å². The number of amides is 1. The average Bonchev–Trinajstić information content (AvgIpc) is 3.16. The van der Waals surface area contributed by atoms with Crippen LogP contribution in [0, 0.1) is 0 Å². The molecule has 27 heavy (non-hydrogen) atoms. The van der Waals surface area contributed by atoms with Gasteiger partial charge in [-0.05, 0) is 50.2 Å². The van der Waals surface area contributed by atoms with Crippen molar-refractivity contribution in [3.63, 3.8) is 0 Å². The van der Waals surface area contributed by atoms with E-state index in [0.29, 0.717) is 23.0 Å². The van der Waals surface area contributed by atoms with Crippen molar-refractivity contribution in [2.75, 3.05) is 13.7 Å². The van der Waals surface area contributed by atoms with E-state index in [1.165, 1.54) is 0 Å². The maximum Gasteiger partial charge on any atom is 0.262 e. The molecule has 0 spiro atoms. The summed E-state index contributed by atoms with van der Waals surface area (Å²) in [6, 6.07) is 14.6. The number of benzene rings is 2. The third-order valence-electron chi connectivity index (χ3n) is 3.70. The molecule has 1 heterocycles. The maximum atomic E-state index is 11.8. The average molecular weight is 367 g/mol. The number of para-hydroxylation sites is 1. The molecule has 0 saturated carbocycles. The second-order valence-corrected chi connectivity index (χ2v) is 6.16. The van der Waals surface area contributed by atoms with Crippen LogP contribution in [0.15, 0.2) is 53.1 Å². The topological polar surface area (TPSA) is 86.5 Å². The van der Waals surface area contributed by atoms with Crippen LogP contribution in [0.5, 0.6) is 11.5 Å². The third kappa shape index (κ3) is 4.63. The molecule has 7 heteroatoms. The molecule has 140 valence electrons. The van der Waals surface area contributed by atoms with E-state index >= 15 is 0 Å². The van der Waals surface area contributed by atoms with Crippen molar-refractivity contribution < 1.29 is 18.8 Å². The van der Waals surface area contributed by atoms with E-state index in [1.54, 1.807) is 19.2 Å². The Labute approximate surface area is 157 Å². The van der Waals surface area contributed by atoms with Crippen molar-refractivity contribution in [1.82, 2.24) is 15.5 Å². The molecular formula is C20H21N3O4. The fourth-order valence-electron chi connectivity index (χ4n) is 2.47. The van der Waals surface area contributed by atoms with Crippen LogP contribution < -0.4 is 14.8 Å². The summed E-state index contributed by atoms with van der Waals surface area (Å²) in [5.74, 6) is 1.84. The van der Waals surface area contributed by atoms with Gasteiger partial charge in [0.25, 0.3) is 11.8 Å². The first-order valence-electron chi connectivity index (χ1n) is 8.56. The smallest absolute Gasteiger partial charge is 0.262 e. The molecule has 0 fully saturated rings. The minimum atomic E-state index is -0.191. The van der Waals surface area contributed by atoms with Gasteiger partial charge in [-0.15, -0.1) is 0 Å². The molecule has 0 radical (unpaired) electrons. The highest BCUT2D eigenvalue weighted by molar-refractivity contribution is 5.78. The van der Waals surface area contributed by atoms with Crippen LogP contribution in [0.3, 0.4) is 0 Å². The lowest BCUT2D eigenvalue weighted by Crippen LogP contribution is -2.34. The molecule has 0 unspecified atom stereocenters. The summed E-state index contributed by atoms with van der Waals surface area (Å²) < 4.78 is 16.2. The molecule has 7 nitrogen and oxygen atoms in total. The standard InChI is InChI=1S/C20H21N3O4/c1-13(2)21-18(24)12-26-17-7-5-4-6-16(17)20-22-19(23-27-20)14-8-10-15(25-3)11-9-14/h4-11,13H,12H2,1-3H3,(H,21,24). The minimum Gasteiger partial charge on any atom is -0.497 e. The van der Waals surface area contributed by atoms with Gasteiger partial charge in [0.1, 0.15) is 11.5 Å². The first-order chi connectivity index (χ1) is 13.1. The summed E-state index contributed by atoms with van der Waals surface area (Å²) in [5.41, 5.74) is 1.43. The molecule has 1 amide bonds. The van der Waals surface area contributed by atoms with Crippen LogP contribution in [0.2, 0.25) is 0 Å². The molecule has 0 bridgehead atoms. The highest BCUT2D eigenvalue weighted by atomic mass is 16.5. The fraction of sp³-hybridized carbons (Fsp3) is 0.250. The van der Waals surface area contributed by atoms with Crippen molar-refractivity contribution in [3.8, 4) is 34.3 Å². The van der Waals surface area contributed by atoms with Gasteiger partial charge in [0.05, 0.1) is 12.7 Å². The number of methoxy groups -OCH3 is 1. The molecule has 1 N–H and O–H groups in total. The molecule has 3 rings (SSSR count). The van der Waals surface area contributed by atoms with Crippen LogP contribution >= 0.6 is 0 Å². The Hall–Kier alpha value is -3.35. The molecule has 0 aliphatic rings. The van der Waals surface area contributed by atoms with Gasteiger partial charge >= 0.3 is 0 Å². The number of nitrogens with one attached hydrogen (secondary N) is 1. The van der Waals surface area contributed by atoms with Crippen LogP contribution in [0.25, 0.3) is 22.8 Å². The second kappa shape index (κ2) is 8.35. The summed E-state index contributed by atoms with van der Waals surface area (Å²) in [4.78, 5) is 16.3. The first kappa shape index (κ1) is 18.4. The van der Waals surface area contributed by atoms with Gasteiger partial charge in [-0.1, -0.05) is 17.3 Å². The number of rotatable bonds is 7. The van der Waals surface area contributed by atoms with Gasteiger partial charge in [0, 0.05) is 11.6 Å². The van der Waals surface area contributed by atoms with Crippen LogP contribution in [0.4, 0.5) is 0 Å². The quantitative estimate of drug-likeness (QED) is 0.689. The van der Waals surface area contributed by atoms with Gasteiger partial charge in [0.2, 0.25) is 5.82 Å². The zero-order valence-electron chi connectivity index (χ0n) is 15.4. The van der Waals surface area contributed by atoms with E-state index in [9.17, 15) is 4.79 Å². The highest BCUT2D eigenvalue weighted by Gasteiger charge is 2.16. The number of ether oxygens (including phenoxy) is 2. The largest absolute Gasteiger partial charge is 0.497 e. The lowest BCUT2D eigenvalue weighted by molar-refractivity contribution is -0.123. The summed E-state index contributed by atoms with van der Waals surface area (Å²) in [6.45, 7) is 3.70. The SMILES string of the molecule is COc1ccc(-c2noc(-c3ccccc3OCC(=O)NC(C)C)n2)cc1. The van der Waals surface area contributed by atoms with E-state index in [2.05, 4.69) is 15.5 Å². The van der Waals surface area contributed by atoms with E-state index in [1.807, 2.05) is 50.2 Å². The van der Waals surface area contributed by atoms with E-state index in [4.69, 9.17) is 14.0 Å². The third-order valence-corrected chi connectivity index (χ3v) is 3.70. The van der Waals surface area contributed by atoms with Gasteiger partial charge in [0.15, 0.2) is 6.61 Å².